The summed E-state index contributed by atoms with van der Waals surface area (Å²) in [4.78, 5) is 13.6. The number of hydrogen-bond donors (Lipinski definition) is 1. The third kappa shape index (κ3) is 2.95. The van der Waals surface area contributed by atoms with Gasteiger partial charge in [-0.15, -0.1) is 0 Å². The quantitative estimate of drug-likeness (QED) is 0.717. The van der Waals surface area contributed by atoms with Crippen LogP contribution in [0.15, 0.2) is 22.9 Å². The third-order valence-electron chi connectivity index (χ3n) is 3.15. The molecule has 2 aromatic rings. The molecule has 0 spiro atoms. The number of aromatic nitrogens is 3. The number of rotatable bonds is 4. The highest BCUT2D eigenvalue weighted by molar-refractivity contribution is 14.1. The number of nitrogens with zero attached hydrogens (tertiary/aromatic N) is 3. The van der Waals surface area contributed by atoms with Gasteiger partial charge in [-0.1, -0.05) is 0 Å². The van der Waals surface area contributed by atoms with Crippen molar-refractivity contribution in [3.05, 3.63) is 32.2 Å². The SMILES string of the molecule is CCNc1nc(-c2cncc(Br)c2)nc(C2CC2)c1I. The first kappa shape index (κ1) is 14.2. The third-order valence-corrected chi connectivity index (χ3v) is 4.65. The Balaban J connectivity index is 2.10. The minimum atomic E-state index is 0.598. The van der Waals surface area contributed by atoms with E-state index < -0.39 is 0 Å². The zero-order chi connectivity index (χ0) is 14.1. The lowest BCUT2D eigenvalue weighted by Crippen LogP contribution is -2.07. The van der Waals surface area contributed by atoms with Crippen molar-refractivity contribution in [3.8, 4) is 11.4 Å². The van der Waals surface area contributed by atoms with Gasteiger partial charge in [0.1, 0.15) is 5.82 Å². The Morgan fingerprint density at radius 2 is 2.15 bits per heavy atom. The van der Waals surface area contributed by atoms with Crippen LogP contribution in [0, 0.1) is 3.57 Å². The van der Waals surface area contributed by atoms with Gasteiger partial charge in [0.25, 0.3) is 0 Å². The molecule has 1 saturated carbocycles. The Morgan fingerprint density at radius 1 is 1.35 bits per heavy atom. The van der Waals surface area contributed by atoms with E-state index in [1.54, 1.807) is 12.4 Å². The van der Waals surface area contributed by atoms with Crippen molar-refractivity contribution in [1.29, 1.82) is 0 Å². The monoisotopic (exact) mass is 444 g/mol. The highest BCUT2D eigenvalue weighted by Crippen LogP contribution is 2.42. The standard InChI is InChI=1S/C14H14BrIN4/c1-2-18-14-11(16)12(8-3-4-8)19-13(20-14)9-5-10(15)7-17-6-9/h5-8H,2-4H2,1H3,(H,18,19,20). The van der Waals surface area contributed by atoms with E-state index in [0.717, 1.165) is 31.8 Å². The van der Waals surface area contributed by atoms with Crippen LogP contribution >= 0.6 is 38.5 Å². The molecular formula is C14H14BrIN4. The summed E-state index contributed by atoms with van der Waals surface area (Å²) < 4.78 is 2.09. The summed E-state index contributed by atoms with van der Waals surface area (Å²) in [6.07, 6.45) is 6.03. The van der Waals surface area contributed by atoms with Crippen LogP contribution in [0.1, 0.15) is 31.4 Å². The molecule has 0 atom stereocenters. The van der Waals surface area contributed by atoms with E-state index in [9.17, 15) is 0 Å². The Labute approximate surface area is 140 Å². The van der Waals surface area contributed by atoms with Gasteiger partial charge in [-0.05, 0) is 64.4 Å². The average molecular weight is 445 g/mol. The van der Waals surface area contributed by atoms with Gasteiger partial charge in [0.2, 0.25) is 0 Å². The summed E-state index contributed by atoms with van der Waals surface area (Å²) in [5.74, 6) is 2.28. The zero-order valence-electron chi connectivity index (χ0n) is 11.0. The van der Waals surface area contributed by atoms with Crippen LogP contribution < -0.4 is 5.32 Å². The molecule has 0 aliphatic heterocycles. The fourth-order valence-corrected chi connectivity index (χ4v) is 3.28. The van der Waals surface area contributed by atoms with Gasteiger partial charge in [-0.2, -0.15) is 0 Å². The second-order valence-electron chi connectivity index (χ2n) is 4.79. The molecule has 2 heterocycles. The Bertz CT molecular complexity index is 643. The molecule has 0 radical (unpaired) electrons. The van der Waals surface area contributed by atoms with Crippen LogP contribution in [0.3, 0.4) is 0 Å². The normalized spacial score (nSPS) is 14.3. The number of halogens is 2. The van der Waals surface area contributed by atoms with Gasteiger partial charge in [0, 0.05) is 34.9 Å². The van der Waals surface area contributed by atoms with Crippen molar-refractivity contribution < 1.29 is 0 Å². The first-order valence-electron chi connectivity index (χ1n) is 6.61. The molecule has 0 aromatic carbocycles. The molecule has 1 fully saturated rings. The Kier molecular flexibility index (Phi) is 4.21. The predicted molar refractivity (Wildman–Crippen MR) is 91.8 cm³/mol. The van der Waals surface area contributed by atoms with Gasteiger partial charge >= 0.3 is 0 Å². The van der Waals surface area contributed by atoms with E-state index in [1.807, 2.05) is 6.07 Å². The van der Waals surface area contributed by atoms with Crippen LogP contribution in [0.5, 0.6) is 0 Å². The van der Waals surface area contributed by atoms with Gasteiger partial charge in [0.15, 0.2) is 5.82 Å². The zero-order valence-corrected chi connectivity index (χ0v) is 14.8. The molecule has 0 saturated heterocycles. The van der Waals surface area contributed by atoms with Crippen molar-refractivity contribution >= 4 is 44.3 Å². The molecule has 1 N–H and O–H groups in total. The second-order valence-corrected chi connectivity index (χ2v) is 6.79. The molecule has 1 aliphatic carbocycles. The van der Waals surface area contributed by atoms with E-state index in [1.165, 1.54) is 18.5 Å². The van der Waals surface area contributed by atoms with Crippen molar-refractivity contribution in [2.45, 2.75) is 25.7 Å². The maximum atomic E-state index is 4.77. The van der Waals surface area contributed by atoms with Crippen molar-refractivity contribution in [1.82, 2.24) is 15.0 Å². The number of hydrogen-bond acceptors (Lipinski definition) is 4. The van der Waals surface area contributed by atoms with E-state index in [4.69, 9.17) is 4.98 Å². The van der Waals surface area contributed by atoms with Crippen LogP contribution in [-0.4, -0.2) is 21.5 Å². The van der Waals surface area contributed by atoms with E-state index >= 15 is 0 Å². The van der Waals surface area contributed by atoms with Crippen LogP contribution in [-0.2, 0) is 0 Å². The first-order chi connectivity index (χ1) is 9.69. The smallest absolute Gasteiger partial charge is 0.163 e. The lowest BCUT2D eigenvalue weighted by Gasteiger charge is -2.12. The largest absolute Gasteiger partial charge is 0.369 e. The van der Waals surface area contributed by atoms with Crippen LogP contribution in [0.2, 0.25) is 0 Å². The highest BCUT2D eigenvalue weighted by Gasteiger charge is 2.29. The minimum Gasteiger partial charge on any atom is -0.369 e. The van der Waals surface area contributed by atoms with E-state index in [0.29, 0.717) is 5.92 Å². The van der Waals surface area contributed by atoms with Crippen molar-refractivity contribution in [2.75, 3.05) is 11.9 Å². The molecule has 20 heavy (non-hydrogen) atoms. The molecule has 6 heteroatoms. The summed E-state index contributed by atoms with van der Waals surface area (Å²) in [5.41, 5.74) is 2.11. The fraction of sp³-hybridized carbons (Fsp3) is 0.357. The lowest BCUT2D eigenvalue weighted by molar-refractivity contribution is 0.971. The highest BCUT2D eigenvalue weighted by atomic mass is 127. The predicted octanol–water partition coefficient (Wildman–Crippen LogP) is 4.21. The van der Waals surface area contributed by atoms with Gasteiger partial charge in [0.05, 0.1) is 9.26 Å². The van der Waals surface area contributed by atoms with Gasteiger partial charge in [-0.25, -0.2) is 9.97 Å². The maximum Gasteiger partial charge on any atom is 0.163 e. The topological polar surface area (TPSA) is 50.7 Å². The molecule has 3 rings (SSSR count). The average Bonchev–Trinajstić information content (AvgIpc) is 3.26. The molecule has 0 unspecified atom stereocenters. The molecule has 4 nitrogen and oxygen atoms in total. The Morgan fingerprint density at radius 3 is 2.80 bits per heavy atom. The van der Waals surface area contributed by atoms with Crippen molar-refractivity contribution in [2.24, 2.45) is 0 Å². The summed E-state index contributed by atoms with van der Waals surface area (Å²) >= 11 is 5.80. The number of pyridine rings is 1. The molecule has 0 amide bonds. The number of anilines is 1. The maximum absolute atomic E-state index is 4.77. The molecule has 1 aliphatic rings. The lowest BCUT2D eigenvalue weighted by atomic mass is 10.2. The Hall–Kier alpha value is -0.760. The second kappa shape index (κ2) is 5.93. The minimum absolute atomic E-state index is 0.598. The van der Waals surface area contributed by atoms with Gasteiger partial charge < -0.3 is 5.32 Å². The van der Waals surface area contributed by atoms with Crippen LogP contribution in [0.4, 0.5) is 5.82 Å². The van der Waals surface area contributed by atoms with Crippen LogP contribution in [0.25, 0.3) is 11.4 Å². The molecular weight excluding hydrogens is 431 g/mol. The van der Waals surface area contributed by atoms with E-state index in [-0.39, 0.29) is 0 Å². The fourth-order valence-electron chi connectivity index (χ4n) is 2.04. The summed E-state index contributed by atoms with van der Waals surface area (Å²) in [6, 6.07) is 2.00. The van der Waals surface area contributed by atoms with Gasteiger partial charge in [-0.3, -0.25) is 4.98 Å². The summed E-state index contributed by atoms with van der Waals surface area (Å²) in [7, 11) is 0. The molecule has 2 aromatic heterocycles. The summed E-state index contributed by atoms with van der Waals surface area (Å²) in [6.45, 7) is 2.93. The first-order valence-corrected chi connectivity index (χ1v) is 8.48. The summed E-state index contributed by atoms with van der Waals surface area (Å²) in [5, 5.41) is 3.33. The molecule has 104 valence electrons. The molecule has 0 bridgehead atoms. The van der Waals surface area contributed by atoms with E-state index in [2.05, 4.69) is 60.7 Å². The van der Waals surface area contributed by atoms with Crippen molar-refractivity contribution in [3.63, 3.8) is 0 Å². The number of nitrogens with one attached hydrogen (secondary N) is 1.